The van der Waals surface area contributed by atoms with Crippen molar-refractivity contribution in [2.24, 2.45) is 0 Å². The maximum atomic E-state index is 10.3. The normalized spacial score (nSPS) is 17.9. The minimum absolute atomic E-state index is 0.384. The maximum Gasteiger partial charge on any atom is 0.247 e. The molecule has 1 N–H and O–H groups in total. The van der Waals surface area contributed by atoms with E-state index < -0.39 is 0 Å². The van der Waals surface area contributed by atoms with Crippen molar-refractivity contribution >= 4 is 0 Å². The van der Waals surface area contributed by atoms with Crippen LogP contribution in [0.2, 0.25) is 0 Å². The Morgan fingerprint density at radius 3 is 2.60 bits per heavy atom. The Bertz CT molecular complexity index is 640. The molecule has 0 spiro atoms. The molecule has 1 aliphatic rings. The van der Waals surface area contributed by atoms with Crippen LogP contribution in [-0.2, 0) is 6.54 Å². The number of rotatable bonds is 7. The number of aromatic nitrogens is 2. The fourth-order valence-electron chi connectivity index (χ4n) is 3.06. The van der Waals surface area contributed by atoms with Gasteiger partial charge in [0.25, 0.3) is 0 Å². The van der Waals surface area contributed by atoms with Crippen LogP contribution in [0.3, 0.4) is 0 Å². The molecule has 2 aromatic rings. The predicted molar refractivity (Wildman–Crippen MR) is 96.0 cm³/mol. The van der Waals surface area contributed by atoms with E-state index >= 15 is 0 Å². The highest BCUT2D eigenvalue weighted by Gasteiger charge is 2.19. The van der Waals surface area contributed by atoms with E-state index in [0.29, 0.717) is 31.4 Å². The van der Waals surface area contributed by atoms with E-state index in [2.05, 4.69) is 27.0 Å². The smallest absolute Gasteiger partial charge is 0.247 e. The van der Waals surface area contributed by atoms with Crippen molar-refractivity contribution < 1.29 is 9.52 Å². The first-order valence-electron chi connectivity index (χ1n) is 8.75. The van der Waals surface area contributed by atoms with Crippen molar-refractivity contribution in [3.8, 4) is 11.5 Å². The Balaban J connectivity index is 1.46. The molecular formula is C18H27N5O2. The van der Waals surface area contributed by atoms with Gasteiger partial charge < -0.3 is 14.4 Å². The van der Waals surface area contributed by atoms with Gasteiger partial charge in [-0.3, -0.25) is 9.80 Å². The summed E-state index contributed by atoms with van der Waals surface area (Å²) >= 11 is 0. The lowest BCUT2D eigenvalue weighted by Crippen LogP contribution is -2.48. The average Bonchev–Trinajstić information content (AvgIpc) is 3.06. The van der Waals surface area contributed by atoms with E-state index in [0.717, 1.165) is 31.7 Å². The van der Waals surface area contributed by atoms with Gasteiger partial charge >= 0.3 is 0 Å². The number of aliphatic hydroxyl groups is 1. The minimum atomic E-state index is -0.384. The predicted octanol–water partition coefficient (Wildman–Crippen LogP) is 0.777. The second-order valence-electron chi connectivity index (χ2n) is 6.82. The Labute approximate surface area is 148 Å². The highest BCUT2D eigenvalue weighted by Crippen LogP contribution is 2.17. The molecule has 25 heavy (non-hydrogen) atoms. The first kappa shape index (κ1) is 18.0. The lowest BCUT2D eigenvalue weighted by atomic mass is 10.2. The van der Waals surface area contributed by atoms with Crippen molar-refractivity contribution in [3.05, 3.63) is 36.2 Å². The molecule has 0 aliphatic carbocycles. The molecule has 0 bridgehead atoms. The van der Waals surface area contributed by atoms with Gasteiger partial charge in [0, 0.05) is 44.8 Å². The summed E-state index contributed by atoms with van der Waals surface area (Å²) < 4.78 is 5.72. The van der Waals surface area contributed by atoms with Gasteiger partial charge in [-0.2, -0.15) is 0 Å². The Kier molecular flexibility index (Phi) is 6.14. The summed E-state index contributed by atoms with van der Waals surface area (Å²) in [6.45, 7) is 5.97. The Morgan fingerprint density at radius 2 is 1.88 bits per heavy atom. The summed E-state index contributed by atoms with van der Waals surface area (Å²) in [5.74, 6) is 1.09. The maximum absolute atomic E-state index is 10.3. The highest BCUT2D eigenvalue weighted by atomic mass is 16.4. The van der Waals surface area contributed by atoms with Crippen LogP contribution < -0.4 is 0 Å². The van der Waals surface area contributed by atoms with Crippen LogP contribution in [0, 0.1) is 0 Å². The Hall–Kier alpha value is -1.80. The van der Waals surface area contributed by atoms with E-state index in [-0.39, 0.29) is 6.10 Å². The molecule has 1 unspecified atom stereocenters. The second kappa shape index (κ2) is 8.53. The molecule has 1 saturated heterocycles. The lowest BCUT2D eigenvalue weighted by molar-refractivity contribution is 0.0578. The summed E-state index contributed by atoms with van der Waals surface area (Å²) in [5.41, 5.74) is 0.916. The number of β-amino-alcohol motifs (C(OH)–C–C–N with tert-alkyl or cyclic N) is 1. The Morgan fingerprint density at radius 1 is 1.16 bits per heavy atom. The van der Waals surface area contributed by atoms with Crippen molar-refractivity contribution in [2.75, 3.05) is 53.4 Å². The molecular weight excluding hydrogens is 318 g/mol. The van der Waals surface area contributed by atoms with Crippen LogP contribution in [0.15, 0.2) is 34.7 Å². The molecule has 1 fully saturated rings. The number of benzene rings is 1. The van der Waals surface area contributed by atoms with Gasteiger partial charge in [-0.15, -0.1) is 10.2 Å². The summed E-state index contributed by atoms with van der Waals surface area (Å²) in [6, 6.07) is 9.73. The zero-order valence-corrected chi connectivity index (χ0v) is 15.0. The second-order valence-corrected chi connectivity index (χ2v) is 6.82. The van der Waals surface area contributed by atoms with Crippen molar-refractivity contribution in [1.82, 2.24) is 24.9 Å². The number of likely N-dealkylation sites (N-methyl/N-ethyl adjacent to an activating group) is 2. The zero-order valence-electron chi connectivity index (χ0n) is 15.0. The molecule has 0 saturated carbocycles. The van der Waals surface area contributed by atoms with Gasteiger partial charge in [-0.05, 0) is 26.2 Å². The molecule has 3 rings (SSSR count). The molecule has 7 heteroatoms. The molecule has 136 valence electrons. The monoisotopic (exact) mass is 345 g/mol. The molecule has 7 nitrogen and oxygen atoms in total. The average molecular weight is 345 g/mol. The minimum Gasteiger partial charge on any atom is -0.419 e. The largest absolute Gasteiger partial charge is 0.419 e. The molecule has 0 amide bonds. The number of hydrogen-bond donors (Lipinski definition) is 1. The number of hydrogen-bond acceptors (Lipinski definition) is 7. The van der Waals surface area contributed by atoms with Crippen LogP contribution in [0.25, 0.3) is 11.5 Å². The van der Waals surface area contributed by atoms with Gasteiger partial charge in [0.15, 0.2) is 0 Å². The summed E-state index contributed by atoms with van der Waals surface area (Å²) in [5, 5.41) is 18.5. The van der Waals surface area contributed by atoms with E-state index in [4.69, 9.17) is 4.42 Å². The quantitative estimate of drug-likeness (QED) is 0.795. The summed E-state index contributed by atoms with van der Waals surface area (Å²) in [7, 11) is 4.09. The molecule has 2 heterocycles. The van der Waals surface area contributed by atoms with Crippen LogP contribution in [0.4, 0.5) is 0 Å². The zero-order chi connectivity index (χ0) is 17.6. The number of aliphatic hydroxyl groups excluding tert-OH is 1. The van der Waals surface area contributed by atoms with E-state index in [1.807, 2.05) is 42.3 Å². The molecule has 1 aliphatic heterocycles. The third-order valence-corrected chi connectivity index (χ3v) is 4.48. The summed E-state index contributed by atoms with van der Waals surface area (Å²) in [4.78, 5) is 6.65. The standard InChI is InChI=1S/C18H27N5O2/c1-21-8-10-23(11-9-21)13-16(24)12-22(2)14-17-19-20-18(25-17)15-6-4-3-5-7-15/h3-7,16,24H,8-14H2,1-2H3. The van der Waals surface area contributed by atoms with Crippen molar-refractivity contribution in [3.63, 3.8) is 0 Å². The van der Waals surface area contributed by atoms with Gasteiger partial charge in [-0.25, -0.2) is 0 Å². The van der Waals surface area contributed by atoms with Gasteiger partial charge in [0.05, 0.1) is 12.6 Å². The highest BCUT2D eigenvalue weighted by molar-refractivity contribution is 5.51. The summed E-state index contributed by atoms with van der Waals surface area (Å²) in [6.07, 6.45) is -0.384. The SMILES string of the molecule is CN1CCN(CC(O)CN(C)Cc2nnc(-c3ccccc3)o2)CC1. The number of nitrogens with zero attached hydrogens (tertiary/aromatic N) is 5. The van der Waals surface area contributed by atoms with E-state index in [9.17, 15) is 5.11 Å². The molecule has 1 aromatic carbocycles. The van der Waals surface area contributed by atoms with E-state index in [1.165, 1.54) is 0 Å². The van der Waals surface area contributed by atoms with Gasteiger partial charge in [0.1, 0.15) is 0 Å². The third kappa shape index (κ3) is 5.34. The van der Waals surface area contributed by atoms with Gasteiger partial charge in [-0.1, -0.05) is 18.2 Å². The lowest BCUT2D eigenvalue weighted by Gasteiger charge is -2.34. The van der Waals surface area contributed by atoms with Gasteiger partial charge in [0.2, 0.25) is 11.8 Å². The first-order valence-corrected chi connectivity index (χ1v) is 8.75. The third-order valence-electron chi connectivity index (χ3n) is 4.48. The van der Waals surface area contributed by atoms with Crippen molar-refractivity contribution in [1.29, 1.82) is 0 Å². The first-order chi connectivity index (χ1) is 12.1. The topological polar surface area (TPSA) is 68.9 Å². The fourth-order valence-corrected chi connectivity index (χ4v) is 3.06. The van der Waals surface area contributed by atoms with Crippen LogP contribution in [0.5, 0.6) is 0 Å². The molecule has 0 radical (unpaired) electrons. The molecule has 1 aromatic heterocycles. The molecule has 1 atom stereocenters. The fraction of sp³-hybridized carbons (Fsp3) is 0.556. The number of piperazine rings is 1. The van der Waals surface area contributed by atoms with Crippen molar-refractivity contribution in [2.45, 2.75) is 12.6 Å². The van der Waals surface area contributed by atoms with Crippen LogP contribution in [0.1, 0.15) is 5.89 Å². The van der Waals surface area contributed by atoms with E-state index in [1.54, 1.807) is 0 Å². The van der Waals surface area contributed by atoms with Crippen LogP contribution in [-0.4, -0.2) is 89.5 Å². The van der Waals surface area contributed by atoms with Crippen LogP contribution >= 0.6 is 0 Å².